The summed E-state index contributed by atoms with van der Waals surface area (Å²) in [5.74, 6) is -0.343. The van der Waals surface area contributed by atoms with Crippen LogP contribution in [0.4, 0.5) is 0 Å². The number of methoxy groups -OCH3 is 1. The van der Waals surface area contributed by atoms with Crippen LogP contribution in [0.1, 0.15) is 27.5 Å². The molecular weight excluding hydrogens is 194 g/mol. The van der Waals surface area contributed by atoms with E-state index in [0.29, 0.717) is 18.8 Å². The van der Waals surface area contributed by atoms with E-state index >= 15 is 0 Å². The second kappa shape index (κ2) is 4.00. The summed E-state index contributed by atoms with van der Waals surface area (Å²) in [6, 6.07) is 5.32. The van der Waals surface area contributed by atoms with Crippen molar-refractivity contribution in [3.8, 4) is 0 Å². The Balaban J connectivity index is 2.49. The fraction of sp³-hybridized carbons (Fsp3) is 0.364. The topological polar surface area (TPSA) is 61.5 Å². The van der Waals surface area contributed by atoms with Crippen LogP contribution in [0.25, 0.3) is 0 Å². The molecule has 0 saturated carbocycles. The summed E-state index contributed by atoms with van der Waals surface area (Å²) in [5.41, 5.74) is 8.25. The Morgan fingerprint density at radius 1 is 1.60 bits per heavy atom. The molecule has 0 saturated heterocycles. The van der Waals surface area contributed by atoms with Crippen LogP contribution < -0.4 is 5.73 Å². The van der Waals surface area contributed by atoms with E-state index in [4.69, 9.17) is 15.2 Å². The maximum Gasteiger partial charge on any atom is 0.338 e. The lowest BCUT2D eigenvalue weighted by atomic mass is 9.95. The van der Waals surface area contributed by atoms with Crippen LogP contribution in [-0.2, 0) is 16.1 Å². The first-order chi connectivity index (χ1) is 7.24. The van der Waals surface area contributed by atoms with Gasteiger partial charge in [0, 0.05) is 0 Å². The van der Waals surface area contributed by atoms with Gasteiger partial charge in [0.05, 0.1) is 31.9 Å². The van der Waals surface area contributed by atoms with Gasteiger partial charge in [0.25, 0.3) is 0 Å². The molecule has 1 aromatic rings. The third-order valence-electron chi connectivity index (χ3n) is 2.56. The van der Waals surface area contributed by atoms with Crippen molar-refractivity contribution < 1.29 is 14.3 Å². The molecule has 1 aliphatic rings. The summed E-state index contributed by atoms with van der Waals surface area (Å²) in [5, 5.41) is 0. The first kappa shape index (κ1) is 10.1. The number of hydrogen-bond donors (Lipinski definition) is 1. The van der Waals surface area contributed by atoms with Gasteiger partial charge in [-0.1, -0.05) is 12.1 Å². The van der Waals surface area contributed by atoms with Crippen molar-refractivity contribution in [3.05, 3.63) is 34.9 Å². The van der Waals surface area contributed by atoms with Crippen LogP contribution in [0.2, 0.25) is 0 Å². The highest BCUT2D eigenvalue weighted by Crippen LogP contribution is 2.26. The molecule has 80 valence electrons. The Hall–Kier alpha value is -1.39. The van der Waals surface area contributed by atoms with E-state index in [-0.39, 0.29) is 12.0 Å². The van der Waals surface area contributed by atoms with Crippen LogP contribution in [0.15, 0.2) is 18.2 Å². The Labute approximate surface area is 88.0 Å². The number of nitrogens with two attached hydrogens (primary N) is 1. The average Bonchev–Trinajstić information content (AvgIpc) is 2.28. The molecule has 4 heteroatoms. The van der Waals surface area contributed by atoms with E-state index in [1.807, 2.05) is 12.1 Å². The summed E-state index contributed by atoms with van der Waals surface area (Å²) in [7, 11) is 1.37. The van der Waals surface area contributed by atoms with Gasteiger partial charge in [-0.2, -0.15) is 0 Å². The molecule has 15 heavy (non-hydrogen) atoms. The van der Waals surface area contributed by atoms with E-state index in [9.17, 15) is 4.79 Å². The number of fused-ring (bicyclic) bond motifs is 1. The molecule has 0 radical (unpaired) electrons. The lowest BCUT2D eigenvalue weighted by Crippen LogP contribution is -2.25. The predicted molar refractivity (Wildman–Crippen MR) is 54.4 cm³/mol. The van der Waals surface area contributed by atoms with Gasteiger partial charge in [0.1, 0.15) is 0 Å². The van der Waals surface area contributed by atoms with Crippen LogP contribution in [0.5, 0.6) is 0 Å². The predicted octanol–water partition coefficient (Wildman–Crippen LogP) is 1.00. The first-order valence-electron chi connectivity index (χ1n) is 4.77. The summed E-state index contributed by atoms with van der Waals surface area (Å²) < 4.78 is 10.0. The van der Waals surface area contributed by atoms with Gasteiger partial charge >= 0.3 is 5.97 Å². The third kappa shape index (κ3) is 1.73. The minimum Gasteiger partial charge on any atom is -0.465 e. The van der Waals surface area contributed by atoms with Crippen LogP contribution in [0.3, 0.4) is 0 Å². The second-order valence-corrected chi connectivity index (χ2v) is 3.49. The zero-order valence-electron chi connectivity index (χ0n) is 8.53. The maximum atomic E-state index is 11.5. The van der Waals surface area contributed by atoms with Gasteiger partial charge in [-0.15, -0.1) is 0 Å². The molecule has 2 N–H and O–H groups in total. The highest BCUT2D eigenvalue weighted by atomic mass is 16.5. The van der Waals surface area contributed by atoms with Crippen molar-refractivity contribution in [1.29, 1.82) is 0 Å². The molecule has 2 rings (SSSR count). The smallest absolute Gasteiger partial charge is 0.338 e. The number of carbonyl (C=O) groups excluding carboxylic acids is 1. The molecule has 0 aromatic heterocycles. The van der Waals surface area contributed by atoms with Gasteiger partial charge in [-0.25, -0.2) is 4.79 Å². The van der Waals surface area contributed by atoms with Crippen molar-refractivity contribution in [2.75, 3.05) is 13.7 Å². The first-order valence-corrected chi connectivity index (χ1v) is 4.77. The molecule has 1 aliphatic heterocycles. The van der Waals surface area contributed by atoms with Crippen molar-refractivity contribution in [2.24, 2.45) is 5.73 Å². The van der Waals surface area contributed by atoms with Gasteiger partial charge < -0.3 is 15.2 Å². The monoisotopic (exact) mass is 207 g/mol. The number of ether oxygens (including phenoxy) is 2. The molecule has 0 spiro atoms. The largest absolute Gasteiger partial charge is 0.465 e. The van der Waals surface area contributed by atoms with Crippen LogP contribution >= 0.6 is 0 Å². The highest BCUT2D eigenvalue weighted by Gasteiger charge is 2.22. The van der Waals surface area contributed by atoms with E-state index in [2.05, 4.69) is 0 Å². The van der Waals surface area contributed by atoms with E-state index in [1.165, 1.54) is 7.11 Å². The molecule has 0 bridgehead atoms. The minimum absolute atomic E-state index is 0.154. The quantitative estimate of drug-likeness (QED) is 0.698. The zero-order chi connectivity index (χ0) is 10.8. The molecule has 4 nitrogen and oxygen atoms in total. The van der Waals surface area contributed by atoms with Crippen molar-refractivity contribution in [3.63, 3.8) is 0 Å². The van der Waals surface area contributed by atoms with E-state index in [1.54, 1.807) is 6.07 Å². The standard InChI is InChI=1S/C11H13NO3/c1-14-11(13)8-4-2-3-7-9(8)5-15-6-10(7)12/h2-4,10H,5-6,12H2,1H3. The molecule has 0 fully saturated rings. The van der Waals surface area contributed by atoms with Crippen molar-refractivity contribution in [1.82, 2.24) is 0 Å². The maximum absolute atomic E-state index is 11.5. The normalized spacial score (nSPS) is 19.5. The lowest BCUT2D eigenvalue weighted by molar-refractivity contribution is 0.0581. The van der Waals surface area contributed by atoms with Gasteiger partial charge in [-0.05, 0) is 17.2 Å². The Morgan fingerprint density at radius 2 is 2.40 bits per heavy atom. The summed E-state index contributed by atoms with van der Waals surface area (Å²) in [6.07, 6.45) is 0. The molecule has 1 heterocycles. The van der Waals surface area contributed by atoms with E-state index < -0.39 is 0 Å². The fourth-order valence-corrected chi connectivity index (χ4v) is 1.79. The molecular formula is C11H13NO3. The molecule has 0 aliphatic carbocycles. The Kier molecular flexibility index (Phi) is 2.70. The number of carbonyl (C=O) groups is 1. The fourth-order valence-electron chi connectivity index (χ4n) is 1.79. The zero-order valence-corrected chi connectivity index (χ0v) is 8.53. The molecule has 0 amide bonds. The Morgan fingerprint density at radius 3 is 3.13 bits per heavy atom. The highest BCUT2D eigenvalue weighted by molar-refractivity contribution is 5.91. The van der Waals surface area contributed by atoms with Gasteiger partial charge in [0.2, 0.25) is 0 Å². The lowest BCUT2D eigenvalue weighted by Gasteiger charge is -2.24. The van der Waals surface area contributed by atoms with Crippen molar-refractivity contribution in [2.45, 2.75) is 12.6 Å². The average molecular weight is 207 g/mol. The van der Waals surface area contributed by atoms with Crippen LogP contribution in [0, 0.1) is 0 Å². The number of benzene rings is 1. The molecule has 1 atom stereocenters. The third-order valence-corrected chi connectivity index (χ3v) is 2.56. The van der Waals surface area contributed by atoms with Crippen molar-refractivity contribution >= 4 is 5.97 Å². The van der Waals surface area contributed by atoms with E-state index in [0.717, 1.165) is 11.1 Å². The summed E-state index contributed by atoms with van der Waals surface area (Å²) in [6.45, 7) is 0.923. The number of hydrogen-bond acceptors (Lipinski definition) is 4. The molecule has 1 aromatic carbocycles. The summed E-state index contributed by atoms with van der Waals surface area (Å²) >= 11 is 0. The minimum atomic E-state index is -0.343. The number of rotatable bonds is 1. The van der Waals surface area contributed by atoms with Gasteiger partial charge in [0.15, 0.2) is 0 Å². The van der Waals surface area contributed by atoms with Gasteiger partial charge in [-0.3, -0.25) is 0 Å². The molecule has 1 unspecified atom stereocenters. The SMILES string of the molecule is COC(=O)c1cccc2c1COCC2N. The summed E-state index contributed by atoms with van der Waals surface area (Å²) in [4.78, 5) is 11.5. The Bertz CT molecular complexity index is 389. The second-order valence-electron chi connectivity index (χ2n) is 3.49. The van der Waals surface area contributed by atoms with Crippen LogP contribution in [-0.4, -0.2) is 19.7 Å². The number of esters is 1.